The van der Waals surface area contributed by atoms with E-state index < -0.39 is 17.4 Å². The number of carbonyl (C=O) groups is 2. The van der Waals surface area contributed by atoms with Gasteiger partial charge in [0, 0.05) is 11.9 Å². The highest BCUT2D eigenvalue weighted by molar-refractivity contribution is 6.06. The van der Waals surface area contributed by atoms with Crippen LogP contribution in [-0.4, -0.2) is 27.6 Å². The van der Waals surface area contributed by atoms with Crippen molar-refractivity contribution in [3.63, 3.8) is 0 Å². The highest BCUT2D eigenvalue weighted by Gasteiger charge is 2.32. The largest absolute Gasteiger partial charge is 0.368 e. The maximum Gasteiger partial charge on any atom is 0.273 e. The number of nitrogens with two attached hydrogens (primary N) is 1. The fraction of sp³-hybridized carbons (Fsp3) is 0.571. The summed E-state index contributed by atoms with van der Waals surface area (Å²) in [5.41, 5.74) is 6.52. The van der Waals surface area contributed by atoms with E-state index in [1.807, 2.05) is 49.7 Å². The van der Waals surface area contributed by atoms with Crippen LogP contribution in [-0.2, 0) is 11.3 Å². The molecule has 2 rings (SSSR count). The van der Waals surface area contributed by atoms with Gasteiger partial charge in [0.25, 0.3) is 5.91 Å². The zero-order chi connectivity index (χ0) is 20.4. The summed E-state index contributed by atoms with van der Waals surface area (Å²) in [4.78, 5) is 24.7. The zero-order valence-corrected chi connectivity index (χ0v) is 17.3. The lowest BCUT2D eigenvalue weighted by molar-refractivity contribution is -0.122. The molecule has 0 fully saturated rings. The number of fused-ring (bicyclic) bond motifs is 1. The van der Waals surface area contributed by atoms with Crippen LogP contribution in [0.25, 0.3) is 10.9 Å². The molecule has 6 heteroatoms. The van der Waals surface area contributed by atoms with Gasteiger partial charge in [-0.15, -0.1) is 0 Å². The van der Waals surface area contributed by atoms with Gasteiger partial charge in [0.2, 0.25) is 5.91 Å². The first kappa shape index (κ1) is 20.9. The number of benzene rings is 1. The Balaban J connectivity index is 2.30. The number of nitrogens with zero attached hydrogens (tertiary/aromatic N) is 2. The van der Waals surface area contributed by atoms with Crippen LogP contribution in [0.4, 0.5) is 0 Å². The Hall–Kier alpha value is -2.37. The molecule has 2 amide bonds. The number of hydrogen-bond acceptors (Lipinski definition) is 3. The predicted molar refractivity (Wildman–Crippen MR) is 108 cm³/mol. The van der Waals surface area contributed by atoms with Crippen molar-refractivity contribution in [1.29, 1.82) is 0 Å². The second-order valence-electron chi connectivity index (χ2n) is 9.43. The third-order valence-electron chi connectivity index (χ3n) is 4.60. The number of amides is 2. The summed E-state index contributed by atoms with van der Waals surface area (Å²) in [7, 11) is 0. The van der Waals surface area contributed by atoms with E-state index in [2.05, 4.69) is 31.2 Å². The fourth-order valence-electron chi connectivity index (χ4n) is 3.14. The molecule has 0 aliphatic carbocycles. The number of hydrogen-bond donors (Lipinski definition) is 2. The van der Waals surface area contributed by atoms with Crippen LogP contribution in [0.15, 0.2) is 24.3 Å². The number of primary amides is 1. The molecular formula is C21H32N4O2. The summed E-state index contributed by atoms with van der Waals surface area (Å²) < 4.78 is 1.88. The lowest BCUT2D eigenvalue weighted by atomic mass is 9.86. The van der Waals surface area contributed by atoms with Crippen molar-refractivity contribution in [2.45, 2.75) is 67.0 Å². The molecule has 2 aromatic rings. The Morgan fingerprint density at radius 1 is 1.15 bits per heavy atom. The number of para-hydroxylation sites is 1. The highest BCUT2D eigenvalue weighted by Crippen LogP contribution is 2.24. The Morgan fingerprint density at radius 3 is 2.33 bits per heavy atom. The normalized spacial score (nSPS) is 13.6. The molecule has 0 aliphatic rings. The number of aromatic nitrogens is 2. The number of nitrogens with one attached hydrogen (secondary N) is 1. The summed E-state index contributed by atoms with van der Waals surface area (Å²) in [5.74, 6) is -0.927. The first-order chi connectivity index (χ1) is 12.4. The average molecular weight is 373 g/mol. The Morgan fingerprint density at radius 2 is 1.78 bits per heavy atom. The van der Waals surface area contributed by atoms with Crippen molar-refractivity contribution in [2.75, 3.05) is 0 Å². The minimum atomic E-state index is -0.769. The quantitative estimate of drug-likeness (QED) is 0.813. The predicted octanol–water partition coefficient (Wildman–Crippen LogP) is 3.49. The molecule has 0 spiro atoms. The highest BCUT2D eigenvalue weighted by atomic mass is 16.2. The van der Waals surface area contributed by atoms with Crippen LogP contribution in [0, 0.1) is 10.8 Å². The van der Waals surface area contributed by atoms with Crippen molar-refractivity contribution in [3.8, 4) is 0 Å². The minimum absolute atomic E-state index is 0.255. The number of carbonyl (C=O) groups excluding carboxylic acids is 2. The Kier molecular flexibility index (Phi) is 5.97. The van der Waals surface area contributed by atoms with Gasteiger partial charge in [-0.3, -0.25) is 14.3 Å². The molecule has 0 radical (unpaired) electrons. The van der Waals surface area contributed by atoms with E-state index in [1.165, 1.54) is 0 Å². The topological polar surface area (TPSA) is 90.0 Å². The Bertz CT molecular complexity index is 825. The van der Waals surface area contributed by atoms with Gasteiger partial charge in [-0.05, 0) is 29.7 Å². The standard InChI is InChI=1S/C21H32N4O2/c1-20(2,3)12-9-13-25-15-11-8-7-10-14(15)16(24-25)19(27)23-17(18(22)26)21(4,5)6/h7-8,10-11,17H,9,12-13H2,1-6H3,(H2,22,26)(H,23,27). The van der Waals surface area contributed by atoms with Crippen molar-refractivity contribution >= 4 is 22.7 Å². The van der Waals surface area contributed by atoms with Gasteiger partial charge in [-0.25, -0.2) is 0 Å². The van der Waals surface area contributed by atoms with Gasteiger partial charge in [-0.2, -0.15) is 5.10 Å². The summed E-state index contributed by atoms with van der Waals surface area (Å²) in [6.07, 6.45) is 2.04. The molecule has 148 valence electrons. The summed E-state index contributed by atoms with van der Waals surface area (Å²) >= 11 is 0. The van der Waals surface area contributed by atoms with Crippen LogP contribution in [0.1, 0.15) is 64.9 Å². The van der Waals surface area contributed by atoms with Gasteiger partial charge in [0.1, 0.15) is 6.04 Å². The second-order valence-corrected chi connectivity index (χ2v) is 9.43. The van der Waals surface area contributed by atoms with Gasteiger partial charge in [0.05, 0.1) is 5.52 Å². The van der Waals surface area contributed by atoms with Crippen LogP contribution in [0.5, 0.6) is 0 Å². The molecule has 0 saturated heterocycles. The molecule has 1 unspecified atom stereocenters. The molecule has 0 aliphatic heterocycles. The Labute approximate surface area is 161 Å². The zero-order valence-electron chi connectivity index (χ0n) is 17.3. The maximum atomic E-state index is 12.9. The molecule has 6 nitrogen and oxygen atoms in total. The van der Waals surface area contributed by atoms with Crippen LogP contribution < -0.4 is 11.1 Å². The lowest BCUT2D eigenvalue weighted by Gasteiger charge is -2.28. The molecular weight excluding hydrogens is 340 g/mol. The van der Waals surface area contributed by atoms with Crippen molar-refractivity contribution in [2.24, 2.45) is 16.6 Å². The second kappa shape index (κ2) is 7.71. The van der Waals surface area contributed by atoms with Crippen molar-refractivity contribution < 1.29 is 9.59 Å². The van der Waals surface area contributed by atoms with E-state index in [9.17, 15) is 9.59 Å². The van der Waals surface area contributed by atoms with Crippen LogP contribution >= 0.6 is 0 Å². The molecule has 0 bridgehead atoms. The van der Waals surface area contributed by atoms with E-state index in [1.54, 1.807) is 0 Å². The third kappa shape index (κ3) is 5.31. The first-order valence-corrected chi connectivity index (χ1v) is 9.46. The smallest absolute Gasteiger partial charge is 0.273 e. The van der Waals surface area contributed by atoms with E-state index >= 15 is 0 Å². The summed E-state index contributed by atoms with van der Waals surface area (Å²) in [6.45, 7) is 13.0. The molecule has 1 atom stereocenters. The molecule has 1 heterocycles. The van der Waals surface area contributed by atoms with Gasteiger partial charge in [0.15, 0.2) is 5.69 Å². The van der Waals surface area contributed by atoms with E-state index in [0.717, 1.165) is 30.3 Å². The monoisotopic (exact) mass is 372 g/mol. The molecule has 0 saturated carbocycles. The molecule has 27 heavy (non-hydrogen) atoms. The third-order valence-corrected chi connectivity index (χ3v) is 4.60. The van der Waals surface area contributed by atoms with Crippen LogP contribution in [0.2, 0.25) is 0 Å². The molecule has 1 aromatic heterocycles. The lowest BCUT2D eigenvalue weighted by Crippen LogP contribution is -2.52. The number of rotatable bonds is 6. The molecule has 3 N–H and O–H groups in total. The van der Waals surface area contributed by atoms with E-state index in [4.69, 9.17) is 5.73 Å². The van der Waals surface area contributed by atoms with Crippen LogP contribution in [0.3, 0.4) is 0 Å². The molecule has 1 aromatic carbocycles. The van der Waals surface area contributed by atoms with Gasteiger partial charge >= 0.3 is 0 Å². The van der Waals surface area contributed by atoms with E-state index in [0.29, 0.717) is 5.69 Å². The van der Waals surface area contributed by atoms with Crippen molar-refractivity contribution in [3.05, 3.63) is 30.0 Å². The summed E-state index contributed by atoms with van der Waals surface area (Å²) in [5, 5.41) is 8.11. The van der Waals surface area contributed by atoms with E-state index in [-0.39, 0.29) is 11.3 Å². The van der Waals surface area contributed by atoms with Crippen molar-refractivity contribution in [1.82, 2.24) is 15.1 Å². The SMILES string of the molecule is CC(C)(C)CCCn1nc(C(=O)NC(C(N)=O)C(C)(C)C)c2ccccc21. The maximum absolute atomic E-state index is 12.9. The number of aryl methyl sites for hydroxylation is 1. The summed E-state index contributed by atoms with van der Waals surface area (Å²) in [6, 6.07) is 6.90. The minimum Gasteiger partial charge on any atom is -0.368 e. The first-order valence-electron chi connectivity index (χ1n) is 9.46. The fourth-order valence-corrected chi connectivity index (χ4v) is 3.14. The average Bonchev–Trinajstić information content (AvgIpc) is 2.89. The van der Waals surface area contributed by atoms with Gasteiger partial charge < -0.3 is 11.1 Å². The van der Waals surface area contributed by atoms with Gasteiger partial charge in [-0.1, -0.05) is 59.7 Å².